The van der Waals surface area contributed by atoms with Crippen molar-refractivity contribution in [2.75, 3.05) is 24.2 Å². The number of hydrogen-bond acceptors (Lipinski definition) is 3. The Hall–Kier alpha value is -1.45. The van der Waals surface area contributed by atoms with Crippen molar-refractivity contribution >= 4 is 11.4 Å². The van der Waals surface area contributed by atoms with Crippen LogP contribution in [0.1, 0.15) is 0 Å². The van der Waals surface area contributed by atoms with E-state index in [-0.39, 0.29) is 11.6 Å². The van der Waals surface area contributed by atoms with Gasteiger partial charge >= 0.3 is 0 Å². The van der Waals surface area contributed by atoms with Crippen LogP contribution in [0, 0.1) is 5.82 Å². The van der Waals surface area contributed by atoms with Gasteiger partial charge in [0.25, 0.3) is 0 Å². The normalized spacial score (nSPS) is 14.4. The minimum Gasteiger partial charge on any atom is -0.486 e. The number of benzene rings is 1. The first kappa shape index (κ1) is 7.21. The van der Waals surface area contributed by atoms with Gasteiger partial charge in [0.1, 0.15) is 12.3 Å². The largest absolute Gasteiger partial charge is 0.486 e. The van der Waals surface area contributed by atoms with Crippen molar-refractivity contribution in [3.8, 4) is 5.75 Å². The molecule has 0 radical (unpaired) electrons. The van der Waals surface area contributed by atoms with Crippen molar-refractivity contribution in [2.24, 2.45) is 0 Å². The minimum atomic E-state index is -0.369. The Kier molecular flexibility index (Phi) is 1.53. The Morgan fingerprint density at radius 2 is 2.33 bits per heavy atom. The highest BCUT2D eigenvalue weighted by Crippen LogP contribution is 2.34. The topological polar surface area (TPSA) is 47.3 Å². The highest BCUT2D eigenvalue weighted by Gasteiger charge is 2.16. The molecule has 0 bridgehead atoms. The lowest BCUT2D eigenvalue weighted by atomic mass is 10.2. The van der Waals surface area contributed by atoms with Crippen LogP contribution >= 0.6 is 0 Å². The summed E-state index contributed by atoms with van der Waals surface area (Å²) in [5.41, 5.74) is 6.69. The van der Waals surface area contributed by atoms with Crippen molar-refractivity contribution in [1.82, 2.24) is 0 Å². The summed E-state index contributed by atoms with van der Waals surface area (Å²) in [5.74, 6) is -0.132. The first-order chi connectivity index (χ1) is 5.79. The van der Waals surface area contributed by atoms with Crippen LogP contribution in [0.4, 0.5) is 15.8 Å². The molecule has 0 fully saturated rings. The van der Waals surface area contributed by atoms with Crippen molar-refractivity contribution in [3.63, 3.8) is 0 Å². The second-order valence-electron chi connectivity index (χ2n) is 2.62. The Morgan fingerprint density at radius 1 is 1.50 bits per heavy atom. The van der Waals surface area contributed by atoms with Crippen molar-refractivity contribution in [3.05, 3.63) is 17.9 Å². The zero-order valence-corrected chi connectivity index (χ0v) is 6.43. The molecular formula is C8H9FN2O. The van der Waals surface area contributed by atoms with E-state index in [1.807, 2.05) is 0 Å². The second kappa shape index (κ2) is 2.55. The summed E-state index contributed by atoms with van der Waals surface area (Å²) in [6, 6.07) is 2.83. The summed E-state index contributed by atoms with van der Waals surface area (Å²) < 4.78 is 18.1. The molecule has 2 rings (SSSR count). The predicted molar refractivity (Wildman–Crippen MR) is 44.8 cm³/mol. The molecule has 0 saturated carbocycles. The monoisotopic (exact) mass is 168 g/mol. The van der Waals surface area contributed by atoms with E-state index >= 15 is 0 Å². The van der Waals surface area contributed by atoms with E-state index in [1.165, 1.54) is 12.1 Å². The lowest BCUT2D eigenvalue weighted by Gasteiger charge is -2.20. The quantitative estimate of drug-likeness (QED) is 0.572. The van der Waals surface area contributed by atoms with Crippen LogP contribution in [-0.2, 0) is 0 Å². The van der Waals surface area contributed by atoms with E-state index in [2.05, 4.69) is 5.32 Å². The van der Waals surface area contributed by atoms with Crippen LogP contribution in [0.25, 0.3) is 0 Å². The number of nitrogens with two attached hydrogens (primary N) is 1. The van der Waals surface area contributed by atoms with Gasteiger partial charge < -0.3 is 15.8 Å². The fourth-order valence-electron chi connectivity index (χ4n) is 1.23. The number of anilines is 2. The van der Waals surface area contributed by atoms with Crippen molar-refractivity contribution in [1.29, 1.82) is 0 Å². The van der Waals surface area contributed by atoms with Gasteiger partial charge in [0.2, 0.25) is 0 Å². The second-order valence-corrected chi connectivity index (χ2v) is 2.62. The molecule has 0 aliphatic carbocycles. The molecule has 4 heteroatoms. The van der Waals surface area contributed by atoms with E-state index in [0.717, 1.165) is 0 Å². The minimum absolute atomic E-state index is 0.237. The van der Waals surface area contributed by atoms with Crippen molar-refractivity contribution in [2.45, 2.75) is 0 Å². The summed E-state index contributed by atoms with van der Waals surface area (Å²) in [4.78, 5) is 0. The molecule has 1 aliphatic rings. The predicted octanol–water partition coefficient (Wildman–Crippen LogP) is 1.21. The summed E-state index contributed by atoms with van der Waals surface area (Å²) in [5, 5.41) is 2.98. The van der Waals surface area contributed by atoms with E-state index in [4.69, 9.17) is 10.5 Å². The smallest absolute Gasteiger partial charge is 0.180 e. The van der Waals surface area contributed by atoms with Crippen LogP contribution in [0.5, 0.6) is 5.75 Å². The van der Waals surface area contributed by atoms with Crippen LogP contribution in [0.2, 0.25) is 0 Å². The summed E-state index contributed by atoms with van der Waals surface area (Å²) in [6.45, 7) is 1.15. The van der Waals surface area contributed by atoms with E-state index in [0.29, 0.717) is 24.5 Å². The standard InChI is InChI=1S/C8H9FN2O/c9-5-1-2-6(10)7-8(5)12-4-3-11-7/h1-2,11H,3-4,10H2. The van der Waals surface area contributed by atoms with Gasteiger partial charge in [0.15, 0.2) is 11.6 Å². The maximum Gasteiger partial charge on any atom is 0.180 e. The average molecular weight is 168 g/mol. The first-order valence-corrected chi connectivity index (χ1v) is 3.73. The highest BCUT2D eigenvalue weighted by atomic mass is 19.1. The Balaban J connectivity index is 2.57. The number of nitrogens with one attached hydrogen (secondary N) is 1. The molecule has 12 heavy (non-hydrogen) atoms. The first-order valence-electron chi connectivity index (χ1n) is 3.73. The molecule has 1 aliphatic heterocycles. The van der Waals surface area contributed by atoms with Gasteiger partial charge in [-0.1, -0.05) is 0 Å². The number of nitrogen functional groups attached to an aromatic ring is 1. The molecule has 0 aromatic heterocycles. The Morgan fingerprint density at radius 3 is 3.08 bits per heavy atom. The summed E-state index contributed by atoms with van der Waals surface area (Å²) in [6.07, 6.45) is 0. The van der Waals surface area contributed by atoms with E-state index in [1.54, 1.807) is 0 Å². The maximum atomic E-state index is 13.0. The zero-order valence-electron chi connectivity index (χ0n) is 6.43. The number of hydrogen-bond donors (Lipinski definition) is 2. The van der Waals surface area contributed by atoms with Gasteiger partial charge in [-0.3, -0.25) is 0 Å². The Bertz CT molecular complexity index is 283. The van der Waals surface area contributed by atoms with Crippen molar-refractivity contribution < 1.29 is 9.13 Å². The third kappa shape index (κ3) is 0.958. The van der Waals surface area contributed by atoms with Gasteiger partial charge in [0, 0.05) is 6.54 Å². The van der Waals surface area contributed by atoms with Crippen LogP contribution in [0.3, 0.4) is 0 Å². The molecule has 0 amide bonds. The van der Waals surface area contributed by atoms with Gasteiger partial charge in [-0.05, 0) is 12.1 Å². The van der Waals surface area contributed by atoms with Gasteiger partial charge in [-0.2, -0.15) is 0 Å². The molecule has 1 heterocycles. The molecule has 1 aromatic rings. The molecule has 64 valence electrons. The Labute approximate surface area is 69.3 Å². The fourth-order valence-corrected chi connectivity index (χ4v) is 1.23. The van der Waals surface area contributed by atoms with Crippen LogP contribution < -0.4 is 15.8 Å². The highest BCUT2D eigenvalue weighted by molar-refractivity contribution is 5.74. The number of halogens is 1. The third-order valence-electron chi connectivity index (χ3n) is 1.79. The summed E-state index contributed by atoms with van der Waals surface area (Å²) in [7, 11) is 0. The molecule has 0 saturated heterocycles. The molecule has 3 N–H and O–H groups in total. The van der Waals surface area contributed by atoms with Gasteiger partial charge in [-0.15, -0.1) is 0 Å². The number of fused-ring (bicyclic) bond motifs is 1. The fraction of sp³-hybridized carbons (Fsp3) is 0.250. The molecule has 3 nitrogen and oxygen atoms in total. The molecular weight excluding hydrogens is 159 g/mol. The molecule has 0 spiro atoms. The van der Waals surface area contributed by atoms with E-state index < -0.39 is 0 Å². The van der Waals surface area contributed by atoms with Crippen LogP contribution in [0.15, 0.2) is 12.1 Å². The molecule has 0 atom stereocenters. The van der Waals surface area contributed by atoms with Crippen LogP contribution in [-0.4, -0.2) is 13.2 Å². The molecule has 0 unspecified atom stereocenters. The van der Waals surface area contributed by atoms with Gasteiger partial charge in [-0.25, -0.2) is 4.39 Å². The maximum absolute atomic E-state index is 13.0. The average Bonchev–Trinajstić information content (AvgIpc) is 2.12. The lowest BCUT2D eigenvalue weighted by Crippen LogP contribution is -2.19. The number of ether oxygens (including phenoxy) is 1. The molecule has 1 aromatic carbocycles. The SMILES string of the molecule is Nc1ccc(F)c2c1NCCO2. The third-order valence-corrected chi connectivity index (χ3v) is 1.79. The van der Waals surface area contributed by atoms with Gasteiger partial charge in [0.05, 0.1) is 5.69 Å². The zero-order chi connectivity index (χ0) is 8.55. The summed E-state index contributed by atoms with van der Waals surface area (Å²) >= 11 is 0. The lowest BCUT2D eigenvalue weighted by molar-refractivity contribution is 0.306. The number of rotatable bonds is 0. The van der Waals surface area contributed by atoms with E-state index in [9.17, 15) is 4.39 Å².